The predicted molar refractivity (Wildman–Crippen MR) is 118 cm³/mol. The van der Waals surface area contributed by atoms with E-state index in [1.807, 2.05) is 53.1 Å². The number of carbonyl (C=O) groups excluding carboxylic acids is 1. The third-order valence-corrected chi connectivity index (χ3v) is 5.54. The van der Waals surface area contributed by atoms with E-state index in [2.05, 4.69) is 0 Å². The summed E-state index contributed by atoms with van der Waals surface area (Å²) in [6, 6.07) is 18.3. The fourth-order valence-corrected chi connectivity index (χ4v) is 3.91. The standard InChI is InChI=1S/C22H16Cl3N3O/c1-27(22(29)20-16(24)5-4-6-17(20)25)13-18-21(14-8-10-15(23)11-9-14)26-19-7-2-3-12-28(18)19/h2-12H,13H2,1H3. The minimum Gasteiger partial charge on any atom is -0.336 e. The summed E-state index contributed by atoms with van der Waals surface area (Å²) in [7, 11) is 1.72. The van der Waals surface area contributed by atoms with Crippen LogP contribution < -0.4 is 0 Å². The van der Waals surface area contributed by atoms with E-state index in [0.29, 0.717) is 27.2 Å². The van der Waals surface area contributed by atoms with Crippen molar-refractivity contribution in [3.05, 3.63) is 93.2 Å². The Bertz CT molecular complexity index is 1180. The maximum atomic E-state index is 13.1. The van der Waals surface area contributed by atoms with Crippen LogP contribution in [0, 0.1) is 0 Å². The maximum absolute atomic E-state index is 13.1. The number of halogens is 3. The smallest absolute Gasteiger partial charge is 0.256 e. The van der Waals surface area contributed by atoms with E-state index in [9.17, 15) is 4.79 Å². The van der Waals surface area contributed by atoms with Gasteiger partial charge < -0.3 is 9.30 Å². The Hall–Kier alpha value is -2.53. The molecule has 0 aliphatic heterocycles. The second-order valence-corrected chi connectivity index (χ2v) is 7.85. The molecule has 0 aliphatic rings. The van der Waals surface area contributed by atoms with E-state index in [0.717, 1.165) is 22.6 Å². The van der Waals surface area contributed by atoms with E-state index >= 15 is 0 Å². The zero-order valence-electron chi connectivity index (χ0n) is 15.4. The molecule has 0 aliphatic carbocycles. The largest absolute Gasteiger partial charge is 0.336 e. The summed E-state index contributed by atoms with van der Waals surface area (Å²) in [6.07, 6.45) is 1.93. The van der Waals surface area contributed by atoms with Crippen molar-refractivity contribution in [2.75, 3.05) is 7.05 Å². The van der Waals surface area contributed by atoms with Crippen LogP contribution in [0.25, 0.3) is 16.9 Å². The molecule has 0 saturated carbocycles. The highest BCUT2D eigenvalue weighted by molar-refractivity contribution is 6.39. The number of hydrogen-bond acceptors (Lipinski definition) is 2. The lowest BCUT2D eigenvalue weighted by Gasteiger charge is -2.19. The van der Waals surface area contributed by atoms with E-state index in [1.165, 1.54) is 0 Å². The summed E-state index contributed by atoms with van der Waals surface area (Å²) in [5.41, 5.74) is 3.67. The number of nitrogens with zero attached hydrogens (tertiary/aromatic N) is 3. The Kier molecular flexibility index (Phi) is 5.50. The fraction of sp³-hybridized carbons (Fsp3) is 0.0909. The molecule has 146 valence electrons. The molecule has 2 aromatic carbocycles. The van der Waals surface area contributed by atoms with Crippen LogP contribution in [0.5, 0.6) is 0 Å². The molecular formula is C22H16Cl3N3O. The minimum atomic E-state index is -0.256. The summed E-state index contributed by atoms with van der Waals surface area (Å²) in [4.78, 5) is 19.4. The number of carbonyl (C=O) groups is 1. The average Bonchev–Trinajstić information content (AvgIpc) is 3.07. The third-order valence-electron chi connectivity index (χ3n) is 4.66. The number of imidazole rings is 1. The lowest BCUT2D eigenvalue weighted by molar-refractivity contribution is 0.0783. The van der Waals surface area contributed by atoms with Gasteiger partial charge in [0.1, 0.15) is 5.65 Å². The fourth-order valence-electron chi connectivity index (χ4n) is 3.23. The first kappa shape index (κ1) is 19.8. The summed E-state index contributed by atoms with van der Waals surface area (Å²) in [5, 5.41) is 1.30. The molecule has 0 atom stereocenters. The monoisotopic (exact) mass is 443 g/mol. The highest BCUT2D eigenvalue weighted by atomic mass is 35.5. The number of amides is 1. The summed E-state index contributed by atoms with van der Waals surface area (Å²) in [6.45, 7) is 0.323. The lowest BCUT2D eigenvalue weighted by Crippen LogP contribution is -2.27. The van der Waals surface area contributed by atoms with Crippen molar-refractivity contribution in [3.63, 3.8) is 0 Å². The van der Waals surface area contributed by atoms with Crippen LogP contribution in [-0.4, -0.2) is 27.2 Å². The van der Waals surface area contributed by atoms with Crippen LogP contribution in [0.2, 0.25) is 15.1 Å². The van der Waals surface area contributed by atoms with Gasteiger partial charge in [-0.25, -0.2) is 4.98 Å². The van der Waals surface area contributed by atoms with Crippen molar-refractivity contribution in [2.24, 2.45) is 0 Å². The Labute approximate surface area is 183 Å². The molecule has 2 aromatic heterocycles. The molecule has 0 saturated heterocycles. The van der Waals surface area contributed by atoms with Crippen molar-refractivity contribution in [1.82, 2.24) is 14.3 Å². The van der Waals surface area contributed by atoms with Crippen LogP contribution in [0.15, 0.2) is 66.9 Å². The third kappa shape index (κ3) is 3.84. The average molecular weight is 445 g/mol. The molecule has 4 nitrogen and oxygen atoms in total. The topological polar surface area (TPSA) is 37.6 Å². The van der Waals surface area contributed by atoms with Gasteiger partial charge in [-0.2, -0.15) is 0 Å². The van der Waals surface area contributed by atoms with Gasteiger partial charge in [0.2, 0.25) is 0 Å². The van der Waals surface area contributed by atoms with Crippen molar-refractivity contribution in [1.29, 1.82) is 0 Å². The van der Waals surface area contributed by atoms with Gasteiger partial charge in [-0.1, -0.05) is 59.1 Å². The van der Waals surface area contributed by atoms with E-state index < -0.39 is 0 Å². The summed E-state index contributed by atoms with van der Waals surface area (Å²) < 4.78 is 1.97. The van der Waals surface area contributed by atoms with Crippen LogP contribution >= 0.6 is 34.8 Å². The van der Waals surface area contributed by atoms with Crippen molar-refractivity contribution >= 4 is 46.4 Å². The number of pyridine rings is 1. The molecule has 0 unspecified atom stereocenters. The normalized spacial score (nSPS) is 11.0. The first-order valence-electron chi connectivity index (χ1n) is 8.87. The Morgan fingerprint density at radius 2 is 1.66 bits per heavy atom. The second-order valence-electron chi connectivity index (χ2n) is 6.60. The quantitative estimate of drug-likeness (QED) is 0.374. The van der Waals surface area contributed by atoms with E-state index in [1.54, 1.807) is 30.1 Å². The van der Waals surface area contributed by atoms with Gasteiger partial charge in [-0.05, 0) is 36.4 Å². The van der Waals surface area contributed by atoms with Gasteiger partial charge in [0.05, 0.1) is 33.5 Å². The molecule has 0 radical (unpaired) electrons. The van der Waals surface area contributed by atoms with Gasteiger partial charge in [0, 0.05) is 23.8 Å². The summed E-state index contributed by atoms with van der Waals surface area (Å²) in [5.74, 6) is -0.256. The highest BCUT2D eigenvalue weighted by Gasteiger charge is 2.22. The van der Waals surface area contributed by atoms with E-state index in [-0.39, 0.29) is 5.91 Å². The van der Waals surface area contributed by atoms with Crippen molar-refractivity contribution in [2.45, 2.75) is 6.54 Å². The minimum absolute atomic E-state index is 0.256. The molecule has 4 rings (SSSR count). The molecule has 0 fully saturated rings. The molecule has 1 amide bonds. The zero-order chi connectivity index (χ0) is 20.5. The molecule has 7 heteroatoms. The number of benzene rings is 2. The second kappa shape index (κ2) is 8.07. The first-order chi connectivity index (χ1) is 14.0. The molecular weight excluding hydrogens is 429 g/mol. The van der Waals surface area contributed by atoms with E-state index in [4.69, 9.17) is 39.8 Å². The number of aromatic nitrogens is 2. The van der Waals surface area contributed by atoms with Gasteiger partial charge >= 0.3 is 0 Å². The Morgan fingerprint density at radius 1 is 0.966 bits per heavy atom. The number of fused-ring (bicyclic) bond motifs is 1. The highest BCUT2D eigenvalue weighted by Crippen LogP contribution is 2.29. The van der Waals surface area contributed by atoms with Gasteiger partial charge in [0.25, 0.3) is 5.91 Å². The predicted octanol–water partition coefficient (Wildman–Crippen LogP) is 6.23. The lowest BCUT2D eigenvalue weighted by atomic mass is 10.1. The first-order valence-corrected chi connectivity index (χ1v) is 10.0. The molecule has 0 spiro atoms. The molecule has 2 heterocycles. The molecule has 4 aromatic rings. The van der Waals surface area contributed by atoms with Crippen LogP contribution in [0.3, 0.4) is 0 Å². The van der Waals surface area contributed by atoms with Crippen molar-refractivity contribution in [3.8, 4) is 11.3 Å². The number of hydrogen-bond donors (Lipinski definition) is 0. The Balaban J connectivity index is 1.76. The number of rotatable bonds is 4. The van der Waals surface area contributed by atoms with Gasteiger partial charge in [-0.3, -0.25) is 4.79 Å². The van der Waals surface area contributed by atoms with Crippen LogP contribution in [0.4, 0.5) is 0 Å². The van der Waals surface area contributed by atoms with Crippen LogP contribution in [0.1, 0.15) is 16.1 Å². The summed E-state index contributed by atoms with van der Waals surface area (Å²) >= 11 is 18.5. The van der Waals surface area contributed by atoms with Gasteiger partial charge in [0.15, 0.2) is 0 Å². The zero-order valence-corrected chi connectivity index (χ0v) is 17.7. The van der Waals surface area contributed by atoms with Crippen molar-refractivity contribution < 1.29 is 4.79 Å². The maximum Gasteiger partial charge on any atom is 0.256 e. The Morgan fingerprint density at radius 3 is 2.34 bits per heavy atom. The van der Waals surface area contributed by atoms with Crippen LogP contribution in [-0.2, 0) is 6.54 Å². The molecule has 29 heavy (non-hydrogen) atoms. The van der Waals surface area contributed by atoms with Gasteiger partial charge in [-0.15, -0.1) is 0 Å². The molecule has 0 N–H and O–H groups in total. The molecule has 0 bridgehead atoms. The SMILES string of the molecule is CN(Cc1c(-c2ccc(Cl)cc2)nc2ccccn12)C(=O)c1c(Cl)cccc1Cl.